The van der Waals surface area contributed by atoms with E-state index < -0.39 is 11.9 Å². The maximum atomic E-state index is 11.1. The molecule has 0 saturated heterocycles. The van der Waals surface area contributed by atoms with Crippen LogP contribution in [-0.2, 0) is 9.59 Å². The summed E-state index contributed by atoms with van der Waals surface area (Å²) in [6.45, 7) is 0. The highest BCUT2D eigenvalue weighted by Gasteiger charge is 2.08. The second-order valence-corrected chi connectivity index (χ2v) is 2.61. The minimum atomic E-state index is -1.03. The van der Waals surface area contributed by atoms with Crippen molar-refractivity contribution >= 4 is 17.8 Å². The van der Waals surface area contributed by atoms with Crippen molar-refractivity contribution in [2.24, 2.45) is 0 Å². The van der Waals surface area contributed by atoms with Crippen LogP contribution < -0.4 is 10.1 Å². The van der Waals surface area contributed by atoms with Crippen molar-refractivity contribution in [3.8, 4) is 6.01 Å². The zero-order valence-corrected chi connectivity index (χ0v) is 7.98. The number of carboxylic acid groups (broad SMARTS) is 1. The Morgan fingerprint density at radius 1 is 1.53 bits per heavy atom. The number of H-pyrrole nitrogens is 1. The smallest absolute Gasteiger partial charge is 0.336 e. The Morgan fingerprint density at radius 3 is 2.80 bits per heavy atom. The molecule has 0 fully saturated rings. The lowest BCUT2D eigenvalue weighted by molar-refractivity contribution is -0.138. The summed E-state index contributed by atoms with van der Waals surface area (Å²) in [7, 11) is 1.39. The van der Waals surface area contributed by atoms with Crippen molar-refractivity contribution < 1.29 is 19.4 Å². The number of carbonyl (C=O) groups excluding carboxylic acids is 1. The molecule has 0 aromatic carbocycles. The van der Waals surface area contributed by atoms with Gasteiger partial charge in [0.25, 0.3) is 0 Å². The second kappa shape index (κ2) is 4.94. The molecule has 0 aliphatic heterocycles. The molecule has 0 atom stereocenters. The van der Waals surface area contributed by atoms with E-state index >= 15 is 0 Å². The number of carboxylic acids is 1. The Morgan fingerprint density at radius 2 is 2.27 bits per heavy atom. The van der Waals surface area contributed by atoms with Gasteiger partial charge in [-0.15, -0.1) is 5.10 Å². The van der Waals surface area contributed by atoms with Crippen LogP contribution >= 0.6 is 0 Å². The Labute approximate surface area is 84.7 Å². The number of hydrogen-bond acceptors (Lipinski definition) is 5. The van der Waals surface area contributed by atoms with E-state index in [1.165, 1.54) is 7.11 Å². The van der Waals surface area contributed by atoms with E-state index in [-0.39, 0.29) is 24.8 Å². The van der Waals surface area contributed by atoms with Crippen LogP contribution in [0.1, 0.15) is 12.8 Å². The summed E-state index contributed by atoms with van der Waals surface area (Å²) >= 11 is 0. The number of aromatic amines is 1. The molecule has 0 bridgehead atoms. The molecule has 0 aliphatic carbocycles. The number of anilines is 1. The van der Waals surface area contributed by atoms with Gasteiger partial charge in [-0.3, -0.25) is 14.9 Å². The quantitative estimate of drug-likeness (QED) is 0.614. The van der Waals surface area contributed by atoms with Crippen LogP contribution in [0.5, 0.6) is 6.01 Å². The summed E-state index contributed by atoms with van der Waals surface area (Å²) in [4.78, 5) is 25.0. The second-order valence-electron chi connectivity index (χ2n) is 2.61. The number of aliphatic carboxylic acids is 1. The predicted molar refractivity (Wildman–Crippen MR) is 48.4 cm³/mol. The molecule has 15 heavy (non-hydrogen) atoms. The topological polar surface area (TPSA) is 117 Å². The number of ether oxygens (including phenoxy) is 1. The summed E-state index contributed by atoms with van der Waals surface area (Å²) in [6, 6.07) is 0.100. The van der Waals surface area contributed by atoms with Crippen LogP contribution in [0.3, 0.4) is 0 Å². The lowest BCUT2D eigenvalue weighted by atomic mass is 10.3. The van der Waals surface area contributed by atoms with Crippen molar-refractivity contribution in [2.75, 3.05) is 12.4 Å². The van der Waals surface area contributed by atoms with Gasteiger partial charge in [0.15, 0.2) is 0 Å². The number of rotatable bonds is 5. The molecule has 8 nitrogen and oxygen atoms in total. The number of methoxy groups -OCH3 is 1. The monoisotopic (exact) mass is 214 g/mol. The first-order valence-electron chi connectivity index (χ1n) is 4.10. The minimum Gasteiger partial charge on any atom is -0.481 e. The van der Waals surface area contributed by atoms with Gasteiger partial charge in [0, 0.05) is 6.42 Å². The molecule has 0 saturated carbocycles. The van der Waals surface area contributed by atoms with Gasteiger partial charge in [-0.1, -0.05) is 0 Å². The molecule has 0 spiro atoms. The third-order valence-electron chi connectivity index (χ3n) is 1.47. The average molecular weight is 214 g/mol. The van der Waals surface area contributed by atoms with Crippen LogP contribution in [0, 0.1) is 0 Å². The van der Waals surface area contributed by atoms with Crippen molar-refractivity contribution in [3.05, 3.63) is 0 Å². The van der Waals surface area contributed by atoms with Gasteiger partial charge in [-0.25, -0.2) is 5.10 Å². The summed E-state index contributed by atoms with van der Waals surface area (Å²) in [5.74, 6) is -1.35. The van der Waals surface area contributed by atoms with Gasteiger partial charge >= 0.3 is 12.0 Å². The van der Waals surface area contributed by atoms with Crippen molar-refractivity contribution in [1.29, 1.82) is 0 Å². The SMILES string of the molecule is COc1n[nH]c(NC(=O)CCC(=O)O)n1. The van der Waals surface area contributed by atoms with Crippen molar-refractivity contribution in [2.45, 2.75) is 12.8 Å². The average Bonchev–Trinajstić information content (AvgIpc) is 2.62. The van der Waals surface area contributed by atoms with Crippen LogP contribution in [0.2, 0.25) is 0 Å². The van der Waals surface area contributed by atoms with E-state index in [4.69, 9.17) is 5.11 Å². The minimum absolute atomic E-state index is 0.100. The maximum absolute atomic E-state index is 11.1. The fourth-order valence-electron chi connectivity index (χ4n) is 0.809. The number of aromatic nitrogens is 3. The number of nitrogens with zero attached hydrogens (tertiary/aromatic N) is 2. The molecule has 8 heteroatoms. The highest BCUT2D eigenvalue weighted by atomic mass is 16.5. The number of nitrogens with one attached hydrogen (secondary N) is 2. The third-order valence-corrected chi connectivity index (χ3v) is 1.47. The normalized spacial score (nSPS) is 9.67. The largest absolute Gasteiger partial charge is 0.481 e. The van der Waals surface area contributed by atoms with Crippen LogP contribution in [0.4, 0.5) is 5.95 Å². The summed E-state index contributed by atoms with van der Waals surface area (Å²) < 4.78 is 4.68. The first kappa shape index (κ1) is 11.0. The van der Waals surface area contributed by atoms with Gasteiger partial charge in [0.05, 0.1) is 13.5 Å². The van der Waals surface area contributed by atoms with Crippen LogP contribution in [0.25, 0.3) is 0 Å². The molecule has 1 aromatic rings. The number of carbonyl (C=O) groups is 2. The lowest BCUT2D eigenvalue weighted by Crippen LogP contribution is -2.14. The van der Waals surface area contributed by atoms with Crippen LogP contribution in [0.15, 0.2) is 0 Å². The standard InChI is InChI=1S/C7H10N4O4/c1-15-7-9-6(10-11-7)8-4(12)2-3-5(13)14/h2-3H2,1H3,(H,13,14)(H2,8,9,10,11,12). The number of hydrogen-bond donors (Lipinski definition) is 3. The van der Waals surface area contributed by atoms with E-state index in [9.17, 15) is 9.59 Å². The zero-order valence-electron chi connectivity index (χ0n) is 7.98. The van der Waals surface area contributed by atoms with E-state index in [1.807, 2.05) is 0 Å². The molecule has 3 N–H and O–H groups in total. The molecule has 1 amide bonds. The van der Waals surface area contributed by atoms with E-state index in [0.29, 0.717) is 0 Å². The first-order valence-corrected chi connectivity index (χ1v) is 4.10. The molecule has 1 aromatic heterocycles. The summed E-state index contributed by atoms with van der Waals surface area (Å²) in [5, 5.41) is 16.7. The highest BCUT2D eigenvalue weighted by Crippen LogP contribution is 2.05. The van der Waals surface area contributed by atoms with Gasteiger partial charge < -0.3 is 9.84 Å². The van der Waals surface area contributed by atoms with E-state index in [0.717, 1.165) is 0 Å². The zero-order chi connectivity index (χ0) is 11.3. The van der Waals surface area contributed by atoms with Gasteiger partial charge in [0.2, 0.25) is 11.9 Å². The fraction of sp³-hybridized carbons (Fsp3) is 0.429. The van der Waals surface area contributed by atoms with Gasteiger partial charge in [0.1, 0.15) is 0 Å². The van der Waals surface area contributed by atoms with Gasteiger partial charge in [-0.2, -0.15) is 4.98 Å². The molecule has 0 radical (unpaired) electrons. The van der Waals surface area contributed by atoms with E-state index in [1.54, 1.807) is 0 Å². The van der Waals surface area contributed by atoms with Crippen LogP contribution in [-0.4, -0.2) is 39.3 Å². The molecular weight excluding hydrogens is 204 g/mol. The molecule has 1 heterocycles. The predicted octanol–water partition coefficient (Wildman–Crippen LogP) is -0.383. The van der Waals surface area contributed by atoms with Gasteiger partial charge in [-0.05, 0) is 0 Å². The highest BCUT2D eigenvalue weighted by molar-refractivity contribution is 5.90. The molecule has 0 unspecified atom stereocenters. The Hall–Kier alpha value is -2.12. The maximum Gasteiger partial charge on any atom is 0.336 e. The third kappa shape index (κ3) is 3.63. The molecule has 0 aliphatic rings. The summed E-state index contributed by atoms with van der Waals surface area (Å²) in [6.07, 6.45) is -0.338. The Bertz CT molecular complexity index is 362. The van der Waals surface area contributed by atoms with Crippen molar-refractivity contribution in [3.63, 3.8) is 0 Å². The fourth-order valence-corrected chi connectivity index (χ4v) is 0.809. The van der Waals surface area contributed by atoms with E-state index in [2.05, 4.69) is 25.2 Å². The first-order chi connectivity index (χ1) is 7.11. The molecular formula is C7H10N4O4. The Kier molecular flexibility index (Phi) is 3.61. The molecule has 82 valence electrons. The van der Waals surface area contributed by atoms with Crippen molar-refractivity contribution in [1.82, 2.24) is 15.2 Å². The lowest BCUT2D eigenvalue weighted by Gasteiger charge is -1.97. The summed E-state index contributed by atoms with van der Waals surface area (Å²) in [5.41, 5.74) is 0. The number of amides is 1. The Balaban J connectivity index is 2.40. The molecule has 1 rings (SSSR count).